The summed E-state index contributed by atoms with van der Waals surface area (Å²) in [6, 6.07) is 0. The Hall–Kier alpha value is -0.570. The van der Waals surface area contributed by atoms with E-state index in [1.807, 2.05) is 13.8 Å². The Morgan fingerprint density at radius 2 is 2.09 bits per heavy atom. The minimum atomic E-state index is -0.757. The Labute approximate surface area is 67.0 Å². The van der Waals surface area contributed by atoms with E-state index in [1.165, 1.54) is 0 Å². The van der Waals surface area contributed by atoms with Gasteiger partial charge in [0.1, 0.15) is 0 Å². The average molecular weight is 160 g/mol. The van der Waals surface area contributed by atoms with Crippen LogP contribution in [-0.4, -0.2) is 22.8 Å². The number of aliphatic hydroxyl groups excluding tert-OH is 1. The smallest absolute Gasteiger partial charge is 0.306 e. The first-order valence-electron chi connectivity index (χ1n) is 3.95. The van der Waals surface area contributed by atoms with Gasteiger partial charge in [0.2, 0.25) is 0 Å². The third-order valence-electron chi connectivity index (χ3n) is 1.84. The van der Waals surface area contributed by atoms with Crippen LogP contribution in [0.1, 0.15) is 26.7 Å². The lowest BCUT2D eigenvalue weighted by molar-refractivity contribution is -0.142. The topological polar surface area (TPSA) is 57.5 Å². The largest absolute Gasteiger partial charge is 0.481 e. The normalized spacial score (nSPS) is 15.9. The van der Waals surface area contributed by atoms with E-state index in [4.69, 9.17) is 10.2 Å². The van der Waals surface area contributed by atoms with Gasteiger partial charge in [-0.25, -0.2) is 0 Å². The number of carbonyl (C=O) groups is 1. The molecule has 0 saturated carbocycles. The van der Waals surface area contributed by atoms with Crippen molar-refractivity contribution in [1.29, 1.82) is 0 Å². The molecular weight excluding hydrogens is 144 g/mol. The summed E-state index contributed by atoms with van der Waals surface area (Å²) in [4.78, 5) is 10.5. The Balaban J connectivity index is 3.77. The van der Waals surface area contributed by atoms with Gasteiger partial charge in [0.05, 0.1) is 5.92 Å². The van der Waals surface area contributed by atoms with Crippen molar-refractivity contribution >= 4 is 5.97 Å². The molecule has 0 radical (unpaired) electrons. The molecule has 3 heteroatoms. The molecule has 3 nitrogen and oxygen atoms in total. The van der Waals surface area contributed by atoms with Crippen molar-refractivity contribution in [2.45, 2.75) is 26.7 Å². The van der Waals surface area contributed by atoms with Crippen LogP contribution in [0, 0.1) is 11.8 Å². The first kappa shape index (κ1) is 10.4. The summed E-state index contributed by atoms with van der Waals surface area (Å²) in [7, 11) is 0. The highest BCUT2D eigenvalue weighted by atomic mass is 16.4. The maximum atomic E-state index is 10.5. The number of carboxylic acid groups (broad SMARTS) is 1. The molecule has 0 saturated heterocycles. The highest BCUT2D eigenvalue weighted by Gasteiger charge is 2.17. The van der Waals surface area contributed by atoms with Crippen LogP contribution in [0.2, 0.25) is 0 Å². The summed E-state index contributed by atoms with van der Waals surface area (Å²) in [6.07, 6.45) is 1.21. The maximum Gasteiger partial charge on any atom is 0.306 e. The highest BCUT2D eigenvalue weighted by Crippen LogP contribution is 2.14. The predicted molar refractivity (Wildman–Crippen MR) is 42.3 cm³/mol. The molecule has 2 N–H and O–H groups in total. The van der Waals surface area contributed by atoms with Gasteiger partial charge in [0.15, 0.2) is 0 Å². The third kappa shape index (κ3) is 3.98. The van der Waals surface area contributed by atoms with E-state index in [2.05, 4.69) is 0 Å². The van der Waals surface area contributed by atoms with Crippen LogP contribution in [0.25, 0.3) is 0 Å². The second-order valence-electron chi connectivity index (χ2n) is 2.97. The van der Waals surface area contributed by atoms with Crippen LogP contribution in [0.5, 0.6) is 0 Å². The van der Waals surface area contributed by atoms with E-state index in [0.29, 0.717) is 12.8 Å². The molecule has 0 aromatic carbocycles. The van der Waals surface area contributed by atoms with Crippen LogP contribution in [-0.2, 0) is 4.79 Å². The Morgan fingerprint density at radius 1 is 1.55 bits per heavy atom. The fourth-order valence-corrected chi connectivity index (χ4v) is 1.00. The van der Waals surface area contributed by atoms with Crippen molar-refractivity contribution in [2.24, 2.45) is 11.8 Å². The van der Waals surface area contributed by atoms with Crippen molar-refractivity contribution in [2.75, 3.05) is 6.61 Å². The lowest BCUT2D eigenvalue weighted by atomic mass is 9.94. The van der Waals surface area contributed by atoms with Gasteiger partial charge >= 0.3 is 5.97 Å². The van der Waals surface area contributed by atoms with Crippen molar-refractivity contribution in [3.8, 4) is 0 Å². The van der Waals surface area contributed by atoms with Gasteiger partial charge in [-0.1, -0.05) is 13.8 Å². The first-order valence-corrected chi connectivity index (χ1v) is 3.95. The minimum absolute atomic E-state index is 0.0732. The molecule has 0 rings (SSSR count). The number of hydrogen-bond acceptors (Lipinski definition) is 2. The lowest BCUT2D eigenvalue weighted by Crippen LogP contribution is -2.17. The lowest BCUT2D eigenvalue weighted by Gasteiger charge is -2.13. The quantitative estimate of drug-likeness (QED) is 0.633. The second-order valence-corrected chi connectivity index (χ2v) is 2.97. The molecule has 0 aromatic rings. The van der Waals surface area contributed by atoms with E-state index in [-0.39, 0.29) is 18.4 Å². The predicted octanol–water partition coefficient (Wildman–Crippen LogP) is 1.12. The fourth-order valence-electron chi connectivity index (χ4n) is 1.00. The zero-order chi connectivity index (χ0) is 8.85. The van der Waals surface area contributed by atoms with Gasteiger partial charge in [0.25, 0.3) is 0 Å². The molecule has 0 aromatic heterocycles. The second kappa shape index (κ2) is 5.13. The molecule has 0 spiro atoms. The highest BCUT2D eigenvalue weighted by molar-refractivity contribution is 5.69. The number of rotatable bonds is 5. The summed E-state index contributed by atoms with van der Waals surface area (Å²) < 4.78 is 0. The summed E-state index contributed by atoms with van der Waals surface area (Å²) in [6.45, 7) is 3.78. The number of hydrogen-bond donors (Lipinski definition) is 2. The average Bonchev–Trinajstić information content (AvgIpc) is 1.99. The van der Waals surface area contributed by atoms with E-state index in [9.17, 15) is 4.79 Å². The molecule has 0 bridgehead atoms. The van der Waals surface area contributed by atoms with Gasteiger partial charge in [-0.2, -0.15) is 0 Å². The van der Waals surface area contributed by atoms with Crippen LogP contribution < -0.4 is 0 Å². The maximum absolute atomic E-state index is 10.5. The zero-order valence-corrected chi connectivity index (χ0v) is 7.08. The molecule has 2 unspecified atom stereocenters. The summed E-state index contributed by atoms with van der Waals surface area (Å²) >= 11 is 0. The van der Waals surface area contributed by atoms with Crippen LogP contribution in [0.15, 0.2) is 0 Å². The third-order valence-corrected chi connectivity index (χ3v) is 1.84. The van der Waals surface area contributed by atoms with E-state index < -0.39 is 5.97 Å². The summed E-state index contributed by atoms with van der Waals surface area (Å²) in [5.41, 5.74) is 0. The molecule has 0 heterocycles. The molecule has 0 aliphatic heterocycles. The molecular formula is C8H16O3. The summed E-state index contributed by atoms with van der Waals surface area (Å²) in [5.74, 6) is -0.957. The van der Waals surface area contributed by atoms with E-state index in [0.717, 1.165) is 0 Å². The van der Waals surface area contributed by atoms with Crippen LogP contribution >= 0.6 is 0 Å². The van der Waals surface area contributed by atoms with Crippen molar-refractivity contribution in [1.82, 2.24) is 0 Å². The molecule has 0 amide bonds. The standard InChI is InChI=1S/C8H16O3/c1-3-7(8(10)11)4-6(2)5-9/h6-7,9H,3-5H2,1-2H3,(H,10,11). The molecule has 2 atom stereocenters. The van der Waals surface area contributed by atoms with Gasteiger partial charge in [-0.05, 0) is 18.8 Å². The van der Waals surface area contributed by atoms with Crippen LogP contribution in [0.3, 0.4) is 0 Å². The van der Waals surface area contributed by atoms with Crippen LogP contribution in [0.4, 0.5) is 0 Å². The Kier molecular flexibility index (Phi) is 4.86. The summed E-state index contributed by atoms with van der Waals surface area (Å²) in [5, 5.41) is 17.3. The number of aliphatic carboxylic acids is 1. The van der Waals surface area contributed by atoms with Gasteiger partial charge in [-0.15, -0.1) is 0 Å². The van der Waals surface area contributed by atoms with Gasteiger partial charge in [-0.3, -0.25) is 4.79 Å². The minimum Gasteiger partial charge on any atom is -0.481 e. The number of carboxylic acids is 1. The molecule has 0 aliphatic carbocycles. The molecule has 0 aliphatic rings. The van der Waals surface area contributed by atoms with E-state index in [1.54, 1.807) is 0 Å². The monoisotopic (exact) mass is 160 g/mol. The fraction of sp³-hybridized carbons (Fsp3) is 0.875. The first-order chi connectivity index (χ1) is 5.11. The molecule has 0 fully saturated rings. The SMILES string of the molecule is CCC(CC(C)CO)C(=O)O. The molecule has 11 heavy (non-hydrogen) atoms. The van der Waals surface area contributed by atoms with Gasteiger partial charge in [0, 0.05) is 6.61 Å². The Bertz CT molecular complexity index is 123. The molecule has 66 valence electrons. The Morgan fingerprint density at radius 3 is 2.36 bits per heavy atom. The number of aliphatic hydroxyl groups is 1. The van der Waals surface area contributed by atoms with Crippen molar-refractivity contribution in [3.05, 3.63) is 0 Å². The van der Waals surface area contributed by atoms with E-state index >= 15 is 0 Å². The zero-order valence-electron chi connectivity index (χ0n) is 7.08. The van der Waals surface area contributed by atoms with Crippen molar-refractivity contribution < 1.29 is 15.0 Å². The van der Waals surface area contributed by atoms with Crippen molar-refractivity contribution in [3.63, 3.8) is 0 Å². The van der Waals surface area contributed by atoms with Gasteiger partial charge < -0.3 is 10.2 Å².